The van der Waals surface area contributed by atoms with Crippen molar-refractivity contribution in [2.75, 3.05) is 5.73 Å². The maximum absolute atomic E-state index is 11.0. The Bertz CT molecular complexity index is 554. The van der Waals surface area contributed by atoms with Crippen molar-refractivity contribution in [1.82, 2.24) is 0 Å². The van der Waals surface area contributed by atoms with Crippen LogP contribution in [0.4, 0.5) is 5.69 Å². The minimum atomic E-state index is -0.954. The van der Waals surface area contributed by atoms with E-state index in [-0.39, 0.29) is 4.88 Å². The first kappa shape index (κ1) is 11.2. The normalized spacial score (nSPS) is 10.6. The van der Waals surface area contributed by atoms with Crippen LogP contribution < -0.4 is 5.73 Å². The lowest BCUT2D eigenvalue weighted by Crippen LogP contribution is -1.97. The molecule has 16 heavy (non-hydrogen) atoms. The number of hydrogen-bond acceptors (Lipinski definition) is 4. The Labute approximate surface area is 101 Å². The summed E-state index contributed by atoms with van der Waals surface area (Å²) in [6.45, 7) is 3.88. The molecule has 3 nitrogen and oxygen atoms in total. The lowest BCUT2D eigenvalue weighted by atomic mass is 10.1. The van der Waals surface area contributed by atoms with Crippen LogP contribution in [0.2, 0.25) is 0 Å². The third-order valence-corrected chi connectivity index (χ3v) is 4.68. The van der Waals surface area contributed by atoms with Crippen molar-refractivity contribution in [1.29, 1.82) is 0 Å². The molecule has 0 unspecified atom stereocenters. The summed E-state index contributed by atoms with van der Waals surface area (Å²) in [6, 6.07) is 0. The van der Waals surface area contributed by atoms with Gasteiger partial charge in [-0.2, -0.15) is 11.3 Å². The van der Waals surface area contributed by atoms with Crippen molar-refractivity contribution in [3.05, 3.63) is 26.8 Å². The van der Waals surface area contributed by atoms with Crippen molar-refractivity contribution in [2.24, 2.45) is 0 Å². The van der Waals surface area contributed by atoms with Crippen LogP contribution in [0.25, 0.3) is 10.4 Å². The Hall–Kier alpha value is -1.33. The first-order valence-electron chi connectivity index (χ1n) is 4.67. The summed E-state index contributed by atoms with van der Waals surface area (Å²) in [7, 11) is 0. The second kappa shape index (κ2) is 3.92. The van der Waals surface area contributed by atoms with E-state index in [2.05, 4.69) is 0 Å². The highest BCUT2D eigenvalue weighted by Gasteiger charge is 2.19. The van der Waals surface area contributed by atoms with Crippen molar-refractivity contribution < 1.29 is 9.90 Å². The number of carboxylic acid groups (broad SMARTS) is 1. The molecule has 0 radical (unpaired) electrons. The quantitative estimate of drug-likeness (QED) is 0.862. The molecule has 0 atom stereocenters. The minimum absolute atomic E-state index is 0.234. The SMILES string of the molecule is Cc1cscc1-c1sc(C(=O)O)c(N)c1C. The van der Waals surface area contributed by atoms with Gasteiger partial charge >= 0.3 is 5.97 Å². The van der Waals surface area contributed by atoms with E-state index >= 15 is 0 Å². The average Bonchev–Trinajstić information content (AvgIpc) is 2.74. The molecule has 2 rings (SSSR count). The van der Waals surface area contributed by atoms with Crippen molar-refractivity contribution in [2.45, 2.75) is 13.8 Å². The molecule has 0 amide bonds. The van der Waals surface area contributed by atoms with Crippen LogP contribution in [-0.4, -0.2) is 11.1 Å². The van der Waals surface area contributed by atoms with E-state index < -0.39 is 5.97 Å². The third-order valence-electron chi connectivity index (χ3n) is 2.49. The number of carbonyl (C=O) groups is 1. The number of nitrogen functional groups attached to an aromatic ring is 1. The number of nitrogens with two attached hydrogens (primary N) is 1. The fraction of sp³-hybridized carbons (Fsp3) is 0.182. The van der Waals surface area contributed by atoms with Gasteiger partial charge in [0.1, 0.15) is 4.88 Å². The van der Waals surface area contributed by atoms with Crippen LogP contribution in [-0.2, 0) is 0 Å². The van der Waals surface area contributed by atoms with Gasteiger partial charge in [-0.3, -0.25) is 0 Å². The molecule has 0 saturated heterocycles. The molecule has 0 fully saturated rings. The Kier molecular flexibility index (Phi) is 2.73. The Balaban J connectivity index is 2.64. The summed E-state index contributed by atoms with van der Waals surface area (Å²) in [6.07, 6.45) is 0. The molecule has 3 N–H and O–H groups in total. The second-order valence-corrected chi connectivity index (χ2v) is 5.34. The average molecular weight is 253 g/mol. The molecule has 0 aliphatic heterocycles. The van der Waals surface area contributed by atoms with E-state index in [1.165, 1.54) is 11.3 Å². The molecule has 2 heterocycles. The smallest absolute Gasteiger partial charge is 0.348 e. The fourth-order valence-electron chi connectivity index (χ4n) is 1.54. The fourth-order valence-corrected chi connectivity index (χ4v) is 3.60. The van der Waals surface area contributed by atoms with Crippen molar-refractivity contribution >= 4 is 34.3 Å². The van der Waals surface area contributed by atoms with E-state index in [9.17, 15) is 4.79 Å². The minimum Gasteiger partial charge on any atom is -0.477 e. The highest BCUT2D eigenvalue weighted by atomic mass is 32.1. The number of rotatable bonds is 2. The monoisotopic (exact) mass is 253 g/mol. The number of aromatic carboxylic acids is 1. The van der Waals surface area contributed by atoms with Gasteiger partial charge in [0.25, 0.3) is 0 Å². The maximum Gasteiger partial charge on any atom is 0.348 e. The Morgan fingerprint density at radius 2 is 2.06 bits per heavy atom. The van der Waals surface area contributed by atoms with E-state index in [0.717, 1.165) is 21.6 Å². The Morgan fingerprint density at radius 3 is 2.50 bits per heavy atom. The maximum atomic E-state index is 11.0. The highest BCUT2D eigenvalue weighted by molar-refractivity contribution is 7.18. The van der Waals surface area contributed by atoms with Crippen LogP contribution in [0.15, 0.2) is 10.8 Å². The van der Waals surface area contributed by atoms with Gasteiger partial charge in [0.05, 0.1) is 5.69 Å². The zero-order chi connectivity index (χ0) is 11.9. The molecule has 0 bridgehead atoms. The van der Waals surface area contributed by atoms with E-state index in [1.807, 2.05) is 24.6 Å². The molecule has 0 spiro atoms. The van der Waals surface area contributed by atoms with Crippen LogP contribution in [0.1, 0.15) is 20.8 Å². The van der Waals surface area contributed by atoms with Gasteiger partial charge in [-0.05, 0) is 35.7 Å². The largest absolute Gasteiger partial charge is 0.477 e. The van der Waals surface area contributed by atoms with Gasteiger partial charge in [0, 0.05) is 10.4 Å². The highest BCUT2D eigenvalue weighted by Crippen LogP contribution is 2.40. The predicted molar refractivity (Wildman–Crippen MR) is 68.5 cm³/mol. The summed E-state index contributed by atoms with van der Waals surface area (Å²) >= 11 is 2.86. The summed E-state index contributed by atoms with van der Waals surface area (Å²) in [5, 5.41) is 13.1. The molecule has 0 saturated carbocycles. The van der Waals surface area contributed by atoms with Gasteiger partial charge in [-0.15, -0.1) is 11.3 Å². The van der Waals surface area contributed by atoms with E-state index in [1.54, 1.807) is 11.3 Å². The van der Waals surface area contributed by atoms with Gasteiger partial charge in [0.2, 0.25) is 0 Å². The number of thiophene rings is 2. The molecule has 2 aromatic heterocycles. The molecular formula is C11H11NO2S2. The van der Waals surface area contributed by atoms with Crippen LogP contribution >= 0.6 is 22.7 Å². The topological polar surface area (TPSA) is 63.3 Å². The first-order valence-corrected chi connectivity index (χ1v) is 6.43. The zero-order valence-electron chi connectivity index (χ0n) is 8.90. The predicted octanol–water partition coefficient (Wildman–Crippen LogP) is 3.37. The van der Waals surface area contributed by atoms with Crippen LogP contribution in [0, 0.1) is 13.8 Å². The zero-order valence-corrected chi connectivity index (χ0v) is 10.5. The Morgan fingerprint density at radius 1 is 1.38 bits per heavy atom. The summed E-state index contributed by atoms with van der Waals surface area (Å²) in [5.41, 5.74) is 9.29. The summed E-state index contributed by atoms with van der Waals surface area (Å²) in [4.78, 5) is 12.2. The van der Waals surface area contributed by atoms with Crippen molar-refractivity contribution in [3.8, 4) is 10.4 Å². The second-order valence-electron chi connectivity index (χ2n) is 3.57. The van der Waals surface area contributed by atoms with Crippen LogP contribution in [0.3, 0.4) is 0 Å². The van der Waals surface area contributed by atoms with Gasteiger partial charge in [0.15, 0.2) is 0 Å². The molecule has 0 aliphatic carbocycles. The van der Waals surface area contributed by atoms with Gasteiger partial charge in [-0.1, -0.05) is 0 Å². The lowest BCUT2D eigenvalue weighted by molar-refractivity contribution is 0.0703. The number of aryl methyl sites for hydroxylation is 1. The molecule has 84 valence electrons. The third kappa shape index (κ3) is 1.62. The number of anilines is 1. The number of hydrogen-bond donors (Lipinski definition) is 2. The van der Waals surface area contributed by atoms with Gasteiger partial charge in [-0.25, -0.2) is 4.79 Å². The van der Waals surface area contributed by atoms with E-state index in [0.29, 0.717) is 5.69 Å². The van der Waals surface area contributed by atoms with Gasteiger partial charge < -0.3 is 10.8 Å². The summed E-state index contributed by atoms with van der Waals surface area (Å²) in [5.74, 6) is -0.954. The molecule has 0 aliphatic rings. The first-order chi connectivity index (χ1) is 7.52. The standard InChI is InChI=1S/C11H11NO2S2/c1-5-3-15-4-7(5)9-6(2)8(12)10(16-9)11(13)14/h3-4H,12H2,1-2H3,(H,13,14). The number of carboxylic acids is 1. The molecule has 2 aromatic rings. The van der Waals surface area contributed by atoms with Crippen molar-refractivity contribution in [3.63, 3.8) is 0 Å². The van der Waals surface area contributed by atoms with Crippen LogP contribution in [0.5, 0.6) is 0 Å². The lowest BCUT2D eigenvalue weighted by Gasteiger charge is -1.98. The van der Waals surface area contributed by atoms with E-state index in [4.69, 9.17) is 10.8 Å². The molecule has 0 aromatic carbocycles. The summed E-state index contributed by atoms with van der Waals surface area (Å²) < 4.78 is 0. The molecular weight excluding hydrogens is 242 g/mol. The molecule has 5 heteroatoms.